The molecule has 2 rings (SSSR count). The van der Waals surface area contributed by atoms with Crippen LogP contribution in [-0.4, -0.2) is 86.9 Å². The van der Waals surface area contributed by atoms with E-state index in [-0.39, 0.29) is 36.1 Å². The minimum atomic E-state index is -0.933. The van der Waals surface area contributed by atoms with Crippen molar-refractivity contribution in [2.45, 2.75) is 53.2 Å². The first-order valence-electron chi connectivity index (χ1n) is 12.8. The van der Waals surface area contributed by atoms with E-state index in [1.807, 2.05) is 57.7 Å². The highest BCUT2D eigenvalue weighted by Crippen LogP contribution is 2.24. The Kier molecular flexibility index (Phi) is 12.1. The van der Waals surface area contributed by atoms with E-state index in [9.17, 15) is 14.7 Å². The highest BCUT2D eigenvalue weighted by atomic mass is 16.5. The van der Waals surface area contributed by atoms with Crippen molar-refractivity contribution in [1.29, 1.82) is 0 Å². The largest absolute Gasteiger partial charge is 0.493 e. The monoisotopic (exact) mass is 491 g/mol. The van der Waals surface area contributed by atoms with E-state index in [0.717, 1.165) is 30.8 Å². The third-order valence-electron chi connectivity index (χ3n) is 6.65. The van der Waals surface area contributed by atoms with Crippen molar-refractivity contribution in [2.24, 2.45) is 17.8 Å². The normalized spacial score (nSPS) is 18.8. The van der Waals surface area contributed by atoms with Crippen molar-refractivity contribution in [2.75, 3.05) is 53.0 Å². The summed E-state index contributed by atoms with van der Waals surface area (Å²) in [6.07, 6.45) is -0.143. The first-order valence-corrected chi connectivity index (χ1v) is 12.8. The molecule has 0 radical (unpaired) electrons. The van der Waals surface area contributed by atoms with Crippen molar-refractivity contribution < 1.29 is 24.2 Å². The van der Waals surface area contributed by atoms with Crippen molar-refractivity contribution in [1.82, 2.24) is 15.5 Å². The molecule has 0 aliphatic carbocycles. The predicted octanol–water partition coefficient (Wildman–Crippen LogP) is 2.27. The van der Waals surface area contributed by atoms with Gasteiger partial charge in [0, 0.05) is 44.8 Å². The molecule has 8 heteroatoms. The molecule has 35 heavy (non-hydrogen) atoms. The Morgan fingerprint density at radius 2 is 1.89 bits per heavy atom. The van der Waals surface area contributed by atoms with Gasteiger partial charge in [0.15, 0.2) is 5.78 Å². The molecule has 0 bridgehead atoms. The second-order valence-electron chi connectivity index (χ2n) is 10.2. The van der Waals surface area contributed by atoms with E-state index in [4.69, 9.17) is 9.47 Å². The smallest absolute Gasteiger partial charge is 0.254 e. The predicted molar refractivity (Wildman–Crippen MR) is 138 cm³/mol. The fourth-order valence-corrected chi connectivity index (χ4v) is 4.32. The number of rotatable bonds is 15. The molecule has 1 fully saturated rings. The molecule has 1 aromatic rings. The van der Waals surface area contributed by atoms with Gasteiger partial charge in [-0.2, -0.15) is 0 Å². The number of aryl methyl sites for hydroxylation is 1. The number of aliphatic hydroxyl groups is 1. The molecule has 0 aromatic heterocycles. The van der Waals surface area contributed by atoms with Crippen LogP contribution in [0.3, 0.4) is 0 Å². The van der Waals surface area contributed by atoms with E-state index in [2.05, 4.69) is 10.6 Å². The van der Waals surface area contributed by atoms with Gasteiger partial charge in [-0.25, -0.2) is 0 Å². The number of amides is 1. The molecule has 1 amide bonds. The molecule has 1 aromatic carbocycles. The van der Waals surface area contributed by atoms with Gasteiger partial charge in [-0.3, -0.25) is 9.59 Å². The maximum Gasteiger partial charge on any atom is 0.254 e. The molecular weight excluding hydrogens is 446 g/mol. The SMILES string of the molecule is COCCCOc1cc(C(=O)N(C[C@@H]2CNC[C@H]2CNCC(=O)[C@@H](O)C(C)C)C(C)C)ccc1C. The summed E-state index contributed by atoms with van der Waals surface area (Å²) in [5.41, 5.74) is 1.62. The zero-order valence-electron chi connectivity index (χ0n) is 22.3. The molecule has 1 aliphatic rings. The van der Waals surface area contributed by atoms with Gasteiger partial charge in [0.1, 0.15) is 11.9 Å². The average molecular weight is 492 g/mol. The number of carbonyl (C=O) groups is 2. The molecular formula is C27H45N3O5. The zero-order valence-corrected chi connectivity index (χ0v) is 22.3. The summed E-state index contributed by atoms with van der Waals surface area (Å²) in [4.78, 5) is 27.5. The molecule has 1 aliphatic heterocycles. The standard InChI is InChI=1S/C27H45N3O5/c1-18(2)26(32)24(31)16-29-14-22-13-28-15-23(22)17-30(19(3)4)27(33)21-9-8-20(5)25(12-21)35-11-7-10-34-6/h8-9,12,18-19,22-23,26,28-29,32H,7,10-11,13-17H2,1-6H3/t22-,23-,26-/m0/s1. The molecule has 0 unspecified atom stereocenters. The second kappa shape index (κ2) is 14.5. The Bertz CT molecular complexity index is 814. The highest BCUT2D eigenvalue weighted by Gasteiger charge is 2.31. The number of methoxy groups -OCH3 is 1. The lowest BCUT2D eigenvalue weighted by molar-refractivity contribution is -0.128. The van der Waals surface area contributed by atoms with Crippen LogP contribution in [0.4, 0.5) is 0 Å². The number of carbonyl (C=O) groups excluding carboxylic acids is 2. The van der Waals surface area contributed by atoms with E-state index < -0.39 is 6.10 Å². The van der Waals surface area contributed by atoms with Gasteiger partial charge in [-0.05, 0) is 69.3 Å². The number of ketones is 1. The number of ether oxygens (including phenoxy) is 2. The first kappa shape index (κ1) is 29.2. The van der Waals surface area contributed by atoms with Crippen LogP contribution in [0, 0.1) is 24.7 Å². The Hall–Kier alpha value is -2.00. The molecule has 0 spiro atoms. The van der Waals surface area contributed by atoms with Gasteiger partial charge in [-0.15, -0.1) is 0 Å². The number of nitrogens with zero attached hydrogens (tertiary/aromatic N) is 1. The van der Waals surface area contributed by atoms with Crippen LogP contribution < -0.4 is 15.4 Å². The lowest BCUT2D eigenvalue weighted by Gasteiger charge is -2.32. The van der Waals surface area contributed by atoms with Crippen LogP contribution in [-0.2, 0) is 9.53 Å². The lowest BCUT2D eigenvalue weighted by Crippen LogP contribution is -2.44. The van der Waals surface area contributed by atoms with Crippen LogP contribution in [0.15, 0.2) is 18.2 Å². The number of hydrogen-bond donors (Lipinski definition) is 3. The van der Waals surface area contributed by atoms with Gasteiger partial charge in [-0.1, -0.05) is 19.9 Å². The molecule has 198 valence electrons. The Labute approximate surface area is 210 Å². The summed E-state index contributed by atoms with van der Waals surface area (Å²) >= 11 is 0. The fourth-order valence-electron chi connectivity index (χ4n) is 4.32. The van der Waals surface area contributed by atoms with Crippen LogP contribution >= 0.6 is 0 Å². The van der Waals surface area contributed by atoms with E-state index in [0.29, 0.717) is 37.8 Å². The summed E-state index contributed by atoms with van der Waals surface area (Å²) in [6, 6.07) is 5.69. The van der Waals surface area contributed by atoms with Crippen LogP contribution in [0.2, 0.25) is 0 Å². The quantitative estimate of drug-likeness (QED) is 0.324. The van der Waals surface area contributed by atoms with Gasteiger partial charge in [0.05, 0.1) is 13.2 Å². The third-order valence-corrected chi connectivity index (χ3v) is 6.65. The van der Waals surface area contributed by atoms with Crippen molar-refractivity contribution in [3.05, 3.63) is 29.3 Å². The zero-order chi connectivity index (χ0) is 26.0. The van der Waals surface area contributed by atoms with Crippen LogP contribution in [0.5, 0.6) is 5.75 Å². The van der Waals surface area contributed by atoms with Gasteiger partial charge >= 0.3 is 0 Å². The number of Topliss-reactive ketones (excluding diaryl/α,β-unsaturated/α-hetero) is 1. The topological polar surface area (TPSA) is 100 Å². The van der Waals surface area contributed by atoms with E-state index in [1.54, 1.807) is 7.11 Å². The average Bonchev–Trinajstić information content (AvgIpc) is 3.26. The third kappa shape index (κ3) is 8.86. The number of hydrogen-bond acceptors (Lipinski definition) is 7. The maximum atomic E-state index is 13.5. The minimum absolute atomic E-state index is 0.00409. The van der Waals surface area contributed by atoms with Gasteiger partial charge in [0.2, 0.25) is 0 Å². The van der Waals surface area contributed by atoms with Crippen molar-refractivity contribution in [3.8, 4) is 5.75 Å². The summed E-state index contributed by atoms with van der Waals surface area (Å²) in [5, 5.41) is 16.6. The molecule has 8 nitrogen and oxygen atoms in total. The summed E-state index contributed by atoms with van der Waals surface area (Å²) < 4.78 is 11.0. The van der Waals surface area contributed by atoms with Crippen molar-refractivity contribution >= 4 is 11.7 Å². The Morgan fingerprint density at radius 3 is 2.54 bits per heavy atom. The molecule has 0 saturated carbocycles. The Morgan fingerprint density at radius 1 is 1.17 bits per heavy atom. The van der Waals surface area contributed by atoms with E-state index in [1.165, 1.54) is 0 Å². The summed E-state index contributed by atoms with van der Waals surface area (Å²) in [7, 11) is 1.67. The maximum absolute atomic E-state index is 13.5. The summed E-state index contributed by atoms with van der Waals surface area (Å²) in [6.45, 7) is 14.0. The minimum Gasteiger partial charge on any atom is -0.493 e. The second-order valence-corrected chi connectivity index (χ2v) is 10.2. The summed E-state index contributed by atoms with van der Waals surface area (Å²) in [5.74, 6) is 1.03. The molecule has 1 heterocycles. The number of aliphatic hydroxyl groups excluding tert-OH is 1. The van der Waals surface area contributed by atoms with Gasteiger partial charge < -0.3 is 30.1 Å². The lowest BCUT2D eigenvalue weighted by atomic mass is 9.94. The number of nitrogens with one attached hydrogen (secondary N) is 2. The van der Waals surface area contributed by atoms with E-state index >= 15 is 0 Å². The molecule has 3 atom stereocenters. The molecule has 3 N–H and O–H groups in total. The van der Waals surface area contributed by atoms with Gasteiger partial charge in [0.25, 0.3) is 5.91 Å². The number of benzene rings is 1. The fraction of sp³-hybridized carbons (Fsp3) is 0.704. The first-order chi connectivity index (χ1) is 16.6. The van der Waals surface area contributed by atoms with Crippen LogP contribution in [0.1, 0.15) is 50.0 Å². The van der Waals surface area contributed by atoms with Crippen LogP contribution in [0.25, 0.3) is 0 Å². The molecule has 1 saturated heterocycles. The van der Waals surface area contributed by atoms with Crippen molar-refractivity contribution in [3.63, 3.8) is 0 Å². The highest BCUT2D eigenvalue weighted by molar-refractivity contribution is 5.95. The Balaban J connectivity index is 2.00.